The van der Waals surface area contributed by atoms with Crippen molar-refractivity contribution in [2.45, 2.75) is 71.0 Å². The summed E-state index contributed by atoms with van der Waals surface area (Å²) in [5, 5.41) is 6.18. The van der Waals surface area contributed by atoms with Gasteiger partial charge in [-0.25, -0.2) is 9.18 Å². The van der Waals surface area contributed by atoms with E-state index in [0.29, 0.717) is 53.0 Å². The minimum absolute atomic E-state index is 0.0911. The Hall–Kier alpha value is -3.63. The topological polar surface area (TPSA) is 94.2 Å². The van der Waals surface area contributed by atoms with Crippen molar-refractivity contribution in [1.82, 2.24) is 15.2 Å². The number of hydrogen-bond acceptors (Lipinski definition) is 7. The van der Waals surface area contributed by atoms with E-state index in [-0.39, 0.29) is 17.9 Å². The average Bonchev–Trinajstić information content (AvgIpc) is 3.27. The first-order chi connectivity index (χ1) is 21.4. The number of methoxy groups -OCH3 is 1. The highest BCUT2D eigenvalue weighted by Gasteiger charge is 2.22. The summed E-state index contributed by atoms with van der Waals surface area (Å²) in [5.74, 6) is 2.00. The van der Waals surface area contributed by atoms with Crippen LogP contribution in [0.15, 0.2) is 42.6 Å². The van der Waals surface area contributed by atoms with Crippen molar-refractivity contribution in [3.8, 4) is 23.0 Å². The Bertz CT molecular complexity index is 1390. The van der Waals surface area contributed by atoms with Gasteiger partial charge in [0.25, 0.3) is 0 Å². The van der Waals surface area contributed by atoms with E-state index in [4.69, 9.17) is 18.9 Å². The molecule has 0 radical (unpaired) electrons. The van der Waals surface area contributed by atoms with Gasteiger partial charge in [0.2, 0.25) is 0 Å². The third-order valence-corrected chi connectivity index (χ3v) is 8.38. The van der Waals surface area contributed by atoms with Gasteiger partial charge in [0, 0.05) is 49.9 Å². The van der Waals surface area contributed by atoms with Gasteiger partial charge in [0.15, 0.2) is 11.5 Å². The van der Waals surface area contributed by atoms with Gasteiger partial charge in [-0.3, -0.25) is 9.88 Å². The van der Waals surface area contributed by atoms with Gasteiger partial charge in [-0.15, -0.1) is 0 Å². The highest BCUT2D eigenvalue weighted by atomic mass is 19.1. The lowest BCUT2D eigenvalue weighted by molar-refractivity contribution is -0.0699. The number of halogens is 1. The van der Waals surface area contributed by atoms with Crippen molar-refractivity contribution < 1.29 is 28.1 Å². The summed E-state index contributed by atoms with van der Waals surface area (Å²) in [6.07, 6.45) is 10.6. The maximum atomic E-state index is 15.0. The van der Waals surface area contributed by atoms with Crippen LogP contribution in [0.3, 0.4) is 0 Å². The number of hydrogen-bond donors (Lipinski definition) is 2. The van der Waals surface area contributed by atoms with Crippen LogP contribution in [0.2, 0.25) is 0 Å². The number of nitrogens with zero attached hydrogens (tertiary/aromatic N) is 2. The molecule has 0 spiro atoms. The van der Waals surface area contributed by atoms with Crippen LogP contribution in [0.5, 0.6) is 23.0 Å². The van der Waals surface area contributed by atoms with E-state index >= 15 is 0 Å². The molecule has 2 atom stereocenters. The number of ether oxygens (including phenoxy) is 4. The van der Waals surface area contributed by atoms with E-state index in [1.165, 1.54) is 50.7 Å². The van der Waals surface area contributed by atoms with Crippen molar-refractivity contribution in [3.63, 3.8) is 0 Å². The highest BCUT2D eigenvalue weighted by molar-refractivity contribution is 5.90. The summed E-state index contributed by atoms with van der Waals surface area (Å²) in [4.78, 5) is 19.2. The molecule has 2 aliphatic rings. The fraction of sp³-hybridized carbons (Fsp3) is 0.529. The summed E-state index contributed by atoms with van der Waals surface area (Å²) < 4.78 is 38.6. The van der Waals surface area contributed by atoms with Gasteiger partial charge < -0.3 is 29.6 Å². The van der Waals surface area contributed by atoms with E-state index in [9.17, 15) is 9.18 Å². The predicted octanol–water partition coefficient (Wildman–Crippen LogP) is 7.14. The number of pyridine rings is 1. The molecule has 0 bridgehead atoms. The Balaban J connectivity index is 1.18. The van der Waals surface area contributed by atoms with Crippen LogP contribution in [0.1, 0.15) is 58.8 Å². The highest BCUT2D eigenvalue weighted by Crippen LogP contribution is 2.37. The standard InChI is InChI=1S/C34H45FN4O5/c1-23-21-39(22-24(2)43-23)16-17-42-33-20-30-27(19-32(33)41-3)31(13-15-36-30)44-26-10-11-29(28(35)18-26)38-34(40)37-14-12-25-8-6-4-5-7-9-25/h10-11,13,15,18-20,23-25H,4-9,12,14,16-17,21-22H2,1-3H3,(H2,37,38,40). The largest absolute Gasteiger partial charge is 0.493 e. The van der Waals surface area contributed by atoms with E-state index < -0.39 is 11.8 Å². The lowest BCUT2D eigenvalue weighted by Gasteiger charge is -2.35. The van der Waals surface area contributed by atoms with E-state index in [1.54, 1.807) is 25.4 Å². The van der Waals surface area contributed by atoms with Crippen LogP contribution in [-0.4, -0.2) is 68.0 Å². The molecule has 10 heteroatoms. The molecule has 44 heavy (non-hydrogen) atoms. The number of nitrogens with one attached hydrogen (secondary N) is 2. The summed E-state index contributed by atoms with van der Waals surface area (Å²) in [5.41, 5.74) is 0.750. The molecule has 1 aliphatic heterocycles. The number of carbonyl (C=O) groups excluding carboxylic acids is 1. The summed E-state index contributed by atoms with van der Waals surface area (Å²) in [6, 6.07) is 9.33. The Kier molecular flexibility index (Phi) is 11.1. The van der Waals surface area contributed by atoms with Crippen LogP contribution >= 0.6 is 0 Å². The molecule has 2 N–H and O–H groups in total. The molecule has 2 fully saturated rings. The van der Waals surface area contributed by atoms with E-state index in [0.717, 1.165) is 26.1 Å². The molecule has 1 aliphatic carbocycles. The van der Waals surface area contributed by atoms with Gasteiger partial charge in [-0.1, -0.05) is 38.5 Å². The van der Waals surface area contributed by atoms with Crippen molar-refractivity contribution in [1.29, 1.82) is 0 Å². The van der Waals surface area contributed by atoms with Gasteiger partial charge in [-0.05, 0) is 50.5 Å². The first-order valence-electron chi connectivity index (χ1n) is 15.9. The quantitative estimate of drug-likeness (QED) is 0.223. The van der Waals surface area contributed by atoms with Crippen LogP contribution in [0, 0.1) is 11.7 Å². The Morgan fingerprint density at radius 3 is 2.52 bits per heavy atom. The SMILES string of the molecule is COc1cc2c(Oc3ccc(NC(=O)NCCC4CCCCCC4)c(F)c3)ccnc2cc1OCCN1CC(C)OC(C)C1. The number of fused-ring (bicyclic) bond motifs is 1. The Morgan fingerprint density at radius 1 is 1.02 bits per heavy atom. The number of anilines is 1. The van der Waals surface area contributed by atoms with Gasteiger partial charge in [0.05, 0.1) is 30.5 Å². The first-order valence-corrected chi connectivity index (χ1v) is 15.9. The fourth-order valence-corrected chi connectivity index (χ4v) is 6.24. The van der Waals surface area contributed by atoms with Crippen molar-refractivity contribution >= 4 is 22.6 Å². The monoisotopic (exact) mass is 608 g/mol. The first kappa shape index (κ1) is 31.8. The average molecular weight is 609 g/mol. The van der Waals surface area contributed by atoms with Crippen molar-refractivity contribution in [2.24, 2.45) is 5.92 Å². The molecular weight excluding hydrogens is 563 g/mol. The van der Waals surface area contributed by atoms with Gasteiger partial charge in [-0.2, -0.15) is 0 Å². The van der Waals surface area contributed by atoms with E-state index in [1.807, 2.05) is 12.1 Å². The summed E-state index contributed by atoms with van der Waals surface area (Å²) in [6.45, 7) is 7.76. The number of carbonyl (C=O) groups is 1. The molecule has 1 saturated heterocycles. The third-order valence-electron chi connectivity index (χ3n) is 8.38. The minimum Gasteiger partial charge on any atom is -0.493 e. The molecule has 238 valence electrons. The van der Waals surface area contributed by atoms with Crippen molar-refractivity contribution in [3.05, 3.63) is 48.4 Å². The maximum absolute atomic E-state index is 15.0. The second-order valence-electron chi connectivity index (χ2n) is 12.0. The number of benzene rings is 2. The normalized spacial score (nSPS) is 19.7. The molecule has 2 unspecified atom stereocenters. The zero-order valence-electron chi connectivity index (χ0n) is 26.1. The molecule has 1 aromatic heterocycles. The van der Waals surface area contributed by atoms with Crippen molar-refractivity contribution in [2.75, 3.05) is 45.2 Å². The maximum Gasteiger partial charge on any atom is 0.319 e. The molecule has 2 amide bonds. The number of amides is 2. The zero-order chi connectivity index (χ0) is 30.9. The summed E-state index contributed by atoms with van der Waals surface area (Å²) in [7, 11) is 1.59. The smallest absolute Gasteiger partial charge is 0.319 e. The predicted molar refractivity (Wildman–Crippen MR) is 170 cm³/mol. The number of rotatable bonds is 11. The summed E-state index contributed by atoms with van der Waals surface area (Å²) >= 11 is 0. The molecule has 2 heterocycles. The zero-order valence-corrected chi connectivity index (χ0v) is 26.1. The number of morpholine rings is 1. The third kappa shape index (κ3) is 8.72. The number of aromatic nitrogens is 1. The molecule has 5 rings (SSSR count). The second-order valence-corrected chi connectivity index (χ2v) is 12.0. The molecule has 2 aromatic carbocycles. The second kappa shape index (κ2) is 15.4. The van der Waals surface area contributed by atoms with Crippen LogP contribution in [0.25, 0.3) is 10.9 Å². The van der Waals surface area contributed by atoms with Gasteiger partial charge >= 0.3 is 6.03 Å². The van der Waals surface area contributed by atoms with Crippen LogP contribution in [0.4, 0.5) is 14.9 Å². The lowest BCUT2D eigenvalue weighted by atomic mass is 9.97. The van der Waals surface area contributed by atoms with E-state index in [2.05, 4.69) is 34.4 Å². The lowest BCUT2D eigenvalue weighted by Crippen LogP contribution is -2.46. The minimum atomic E-state index is -0.586. The Labute approximate surface area is 259 Å². The van der Waals surface area contributed by atoms with Gasteiger partial charge in [0.1, 0.15) is 23.9 Å². The molecular formula is C34H45FN4O5. The molecule has 1 saturated carbocycles. The Morgan fingerprint density at radius 2 is 1.80 bits per heavy atom. The van der Waals surface area contributed by atoms with Crippen LogP contribution in [-0.2, 0) is 4.74 Å². The molecule has 3 aromatic rings. The fourth-order valence-electron chi connectivity index (χ4n) is 6.24. The number of urea groups is 1. The molecule has 9 nitrogen and oxygen atoms in total. The van der Waals surface area contributed by atoms with Crippen LogP contribution < -0.4 is 24.8 Å².